The van der Waals surface area contributed by atoms with Gasteiger partial charge in [0.05, 0.1) is 24.1 Å². The number of H-pyrrole nitrogens is 1. The second-order valence-corrected chi connectivity index (χ2v) is 11.2. The average Bonchev–Trinajstić information content (AvgIpc) is 3.35. The zero-order valence-electron chi connectivity index (χ0n) is 21.9. The molecule has 1 aromatic carbocycles. The van der Waals surface area contributed by atoms with Gasteiger partial charge in [-0.25, -0.2) is 19.0 Å². The van der Waals surface area contributed by atoms with Gasteiger partial charge in [0.2, 0.25) is 0 Å². The van der Waals surface area contributed by atoms with Gasteiger partial charge >= 0.3 is 12.2 Å². The molecule has 0 bridgehead atoms. The van der Waals surface area contributed by atoms with E-state index in [0.717, 1.165) is 0 Å². The number of nitrogens with zero attached hydrogens (tertiary/aromatic N) is 5. The number of hydrogen-bond donors (Lipinski definition) is 2. The summed E-state index contributed by atoms with van der Waals surface area (Å²) in [5.41, 5.74) is 1.64. The molecule has 4 heterocycles. The third-order valence-electron chi connectivity index (χ3n) is 7.29. The molecule has 2 saturated heterocycles. The molecule has 3 aliphatic rings. The van der Waals surface area contributed by atoms with Crippen LogP contribution in [-0.4, -0.2) is 70.0 Å². The molecule has 1 saturated carbocycles. The van der Waals surface area contributed by atoms with E-state index in [1.807, 2.05) is 26.8 Å². The van der Waals surface area contributed by atoms with E-state index < -0.39 is 29.7 Å². The van der Waals surface area contributed by atoms with Crippen LogP contribution in [-0.2, 0) is 15.9 Å². The number of ether oxygens (including phenoxy) is 2. The van der Waals surface area contributed by atoms with Gasteiger partial charge in [-0.3, -0.25) is 4.90 Å². The Morgan fingerprint density at radius 3 is 2.69 bits per heavy atom. The zero-order valence-corrected chi connectivity index (χ0v) is 21.9. The first-order valence-electron chi connectivity index (χ1n) is 13.0. The molecule has 2 amide bonds. The molecule has 2 N–H and O–H groups in total. The number of anilines is 2. The van der Waals surface area contributed by atoms with Gasteiger partial charge < -0.3 is 19.7 Å². The highest BCUT2D eigenvalue weighted by Gasteiger charge is 2.57. The summed E-state index contributed by atoms with van der Waals surface area (Å²) in [4.78, 5) is 32.8. The number of pyridine rings is 1. The van der Waals surface area contributed by atoms with Gasteiger partial charge in [-0.1, -0.05) is 0 Å². The number of carbonyl (C=O) groups excluding carboxylic acids is 2. The van der Waals surface area contributed by atoms with E-state index >= 15 is 4.39 Å². The molecule has 6 rings (SSSR count). The van der Waals surface area contributed by atoms with Gasteiger partial charge in [-0.2, -0.15) is 15.4 Å². The van der Waals surface area contributed by atoms with Crippen LogP contribution < -0.4 is 15.1 Å². The molecule has 1 aliphatic carbocycles. The van der Waals surface area contributed by atoms with Crippen molar-refractivity contribution >= 4 is 23.7 Å². The van der Waals surface area contributed by atoms with Crippen LogP contribution in [0.5, 0.6) is 0 Å². The number of cyclic esters (lactones) is 1. The number of hydrogen-bond acceptors (Lipinski definition) is 8. The van der Waals surface area contributed by atoms with Crippen molar-refractivity contribution in [1.29, 1.82) is 0 Å². The minimum absolute atomic E-state index is 0.0765. The average molecular weight is 536 g/mol. The topological polar surface area (TPSA) is 126 Å². The smallest absolute Gasteiger partial charge is 0.414 e. The molecule has 3 atom stereocenters. The second-order valence-electron chi connectivity index (χ2n) is 11.2. The fourth-order valence-electron chi connectivity index (χ4n) is 5.50. The van der Waals surface area contributed by atoms with Crippen LogP contribution in [0.4, 0.5) is 25.5 Å². The molecule has 2 unspecified atom stereocenters. The second kappa shape index (κ2) is 9.51. The Kier molecular flexibility index (Phi) is 6.12. The fourth-order valence-corrected chi connectivity index (χ4v) is 5.50. The maximum atomic E-state index is 15.5. The number of carbonyl (C=O) groups is 2. The molecule has 3 aromatic rings. The first-order chi connectivity index (χ1) is 18.7. The van der Waals surface area contributed by atoms with Crippen molar-refractivity contribution in [3.63, 3.8) is 0 Å². The third-order valence-corrected chi connectivity index (χ3v) is 7.29. The normalized spacial score (nSPS) is 23.9. The van der Waals surface area contributed by atoms with Gasteiger partial charge in [0.25, 0.3) is 0 Å². The summed E-state index contributed by atoms with van der Waals surface area (Å²) in [7, 11) is 0. The van der Waals surface area contributed by atoms with Gasteiger partial charge in [0, 0.05) is 54.7 Å². The molecule has 204 valence electrons. The lowest BCUT2D eigenvalue weighted by Crippen LogP contribution is -2.38. The Morgan fingerprint density at radius 1 is 1.21 bits per heavy atom. The molecule has 3 fully saturated rings. The monoisotopic (exact) mass is 535 g/mol. The standard InChI is InChI=1S/C27H30FN7O4/c1-27(2,3)39-25(36)31-23-20-13-34(14-21(20)23)24-19(5-4-8-29-24)18-7-6-16(10-22(18)28)35-12-17(38-26(35)37)9-15-11-30-33-32-15/h4-8,10-11,17,20-21,23H,9,12-14H2,1-3H3,(H,31,36)(H,30,32,33)/t17-,20?,21?,23?/m1/s1. The van der Waals surface area contributed by atoms with Gasteiger partial charge in [-0.15, -0.1) is 0 Å². The van der Waals surface area contributed by atoms with E-state index in [4.69, 9.17) is 9.47 Å². The van der Waals surface area contributed by atoms with Gasteiger partial charge in [0.1, 0.15) is 23.3 Å². The number of amides is 2. The van der Waals surface area contributed by atoms with Crippen LogP contribution >= 0.6 is 0 Å². The molecule has 2 aromatic heterocycles. The first kappa shape index (κ1) is 25.1. The third kappa shape index (κ3) is 5.10. The van der Waals surface area contributed by atoms with E-state index in [1.165, 1.54) is 11.0 Å². The van der Waals surface area contributed by atoms with E-state index in [1.54, 1.807) is 30.6 Å². The van der Waals surface area contributed by atoms with E-state index in [2.05, 4.69) is 30.6 Å². The van der Waals surface area contributed by atoms with Gasteiger partial charge in [0.15, 0.2) is 0 Å². The maximum Gasteiger partial charge on any atom is 0.414 e. The summed E-state index contributed by atoms with van der Waals surface area (Å²) in [6.45, 7) is 7.22. The molecule has 0 radical (unpaired) electrons. The van der Waals surface area contributed by atoms with Gasteiger partial charge in [-0.05, 0) is 51.1 Å². The number of nitrogens with one attached hydrogen (secondary N) is 2. The SMILES string of the molecule is CC(C)(C)OC(=O)NC1C2CN(c3ncccc3-c3ccc(N4C[C@@H](Cc5cn[nH]n5)OC4=O)cc3F)CC21. The van der Waals surface area contributed by atoms with E-state index in [0.29, 0.717) is 59.7 Å². The summed E-state index contributed by atoms with van der Waals surface area (Å²) < 4.78 is 26.3. The summed E-state index contributed by atoms with van der Waals surface area (Å²) in [6.07, 6.45) is 2.37. The summed E-state index contributed by atoms with van der Waals surface area (Å²) >= 11 is 0. The summed E-state index contributed by atoms with van der Waals surface area (Å²) in [5.74, 6) is 0.834. The van der Waals surface area contributed by atoms with Crippen molar-refractivity contribution in [2.24, 2.45) is 11.8 Å². The molecule has 0 spiro atoms. The molecular formula is C27H30FN7O4. The largest absolute Gasteiger partial charge is 0.444 e. The fraction of sp³-hybridized carbons (Fsp3) is 0.444. The number of aromatic amines is 1. The molecule has 11 nitrogen and oxygen atoms in total. The van der Waals surface area contributed by atoms with Crippen LogP contribution in [0.1, 0.15) is 26.5 Å². The number of piperidine rings is 1. The maximum absolute atomic E-state index is 15.5. The zero-order chi connectivity index (χ0) is 27.3. The number of alkyl carbamates (subject to hydrolysis) is 1. The Bertz CT molecular complexity index is 1380. The van der Waals surface area contributed by atoms with Crippen molar-refractivity contribution < 1.29 is 23.5 Å². The number of halogens is 1. The number of benzene rings is 1. The van der Waals surface area contributed by atoms with Crippen molar-refractivity contribution in [2.45, 2.75) is 44.9 Å². The van der Waals surface area contributed by atoms with E-state index in [-0.39, 0.29) is 12.6 Å². The summed E-state index contributed by atoms with van der Waals surface area (Å²) in [5, 5.41) is 13.3. The quantitative estimate of drug-likeness (QED) is 0.491. The lowest BCUT2D eigenvalue weighted by molar-refractivity contribution is 0.0518. The van der Waals surface area contributed by atoms with Crippen molar-refractivity contribution in [1.82, 2.24) is 25.7 Å². The van der Waals surface area contributed by atoms with E-state index in [9.17, 15) is 9.59 Å². The Hall–Kier alpha value is -4.22. The van der Waals surface area contributed by atoms with Crippen molar-refractivity contribution in [2.75, 3.05) is 29.4 Å². The molecular weight excluding hydrogens is 505 g/mol. The van der Waals surface area contributed by atoms with Crippen molar-refractivity contribution in [3.8, 4) is 11.1 Å². The van der Waals surface area contributed by atoms with Crippen LogP contribution in [0.3, 0.4) is 0 Å². The predicted molar refractivity (Wildman–Crippen MR) is 140 cm³/mol. The lowest BCUT2D eigenvalue weighted by Gasteiger charge is -2.25. The molecule has 39 heavy (non-hydrogen) atoms. The van der Waals surface area contributed by atoms with Crippen LogP contribution in [0.2, 0.25) is 0 Å². The highest BCUT2D eigenvalue weighted by atomic mass is 19.1. The highest BCUT2D eigenvalue weighted by Crippen LogP contribution is 2.48. The first-order valence-corrected chi connectivity index (χ1v) is 13.0. The molecule has 2 aliphatic heterocycles. The number of fused-ring (bicyclic) bond motifs is 1. The minimum atomic E-state index is -0.544. The lowest BCUT2D eigenvalue weighted by atomic mass is 10.0. The number of rotatable bonds is 6. The predicted octanol–water partition coefficient (Wildman–Crippen LogP) is 3.53. The molecule has 12 heteroatoms. The number of aromatic nitrogens is 4. The Morgan fingerprint density at radius 2 is 2.00 bits per heavy atom. The highest BCUT2D eigenvalue weighted by molar-refractivity contribution is 5.90. The Labute approximate surface area is 224 Å². The van der Waals surface area contributed by atoms with Crippen LogP contribution in [0.15, 0.2) is 42.7 Å². The summed E-state index contributed by atoms with van der Waals surface area (Å²) in [6, 6.07) is 8.45. The van der Waals surface area contributed by atoms with Crippen LogP contribution in [0.25, 0.3) is 11.1 Å². The van der Waals surface area contributed by atoms with Crippen LogP contribution in [0, 0.1) is 17.7 Å². The van der Waals surface area contributed by atoms with Crippen molar-refractivity contribution in [3.05, 3.63) is 54.2 Å². The Balaban J connectivity index is 1.13. The minimum Gasteiger partial charge on any atom is -0.444 e.